The topological polar surface area (TPSA) is 47.6 Å². The van der Waals surface area contributed by atoms with Crippen molar-refractivity contribution in [1.82, 2.24) is 5.32 Å². The van der Waals surface area contributed by atoms with Gasteiger partial charge in [0, 0.05) is 12.1 Å². The standard InChI is InChI=1S/C15H21NO3/c1-10-4-5-11(8-10)16-15(17)13-7-6-12(18-2)9-14(13)19-3/h6-7,9-11H,4-5,8H2,1-3H3,(H,16,17). The highest BCUT2D eigenvalue weighted by atomic mass is 16.5. The van der Waals surface area contributed by atoms with Crippen LogP contribution in [0.2, 0.25) is 0 Å². The highest BCUT2D eigenvalue weighted by Crippen LogP contribution is 2.27. The Kier molecular flexibility index (Phi) is 4.30. The molecule has 2 atom stereocenters. The molecule has 2 rings (SSSR count). The highest BCUT2D eigenvalue weighted by Gasteiger charge is 2.24. The Morgan fingerprint density at radius 1 is 1.26 bits per heavy atom. The minimum absolute atomic E-state index is 0.0707. The van der Waals surface area contributed by atoms with Gasteiger partial charge in [0.2, 0.25) is 0 Å². The van der Waals surface area contributed by atoms with Crippen LogP contribution in [0.15, 0.2) is 18.2 Å². The van der Waals surface area contributed by atoms with Gasteiger partial charge in [0.1, 0.15) is 11.5 Å². The van der Waals surface area contributed by atoms with Gasteiger partial charge in [-0.25, -0.2) is 0 Å². The van der Waals surface area contributed by atoms with Crippen molar-refractivity contribution < 1.29 is 14.3 Å². The van der Waals surface area contributed by atoms with E-state index in [0.717, 1.165) is 12.8 Å². The van der Waals surface area contributed by atoms with Crippen molar-refractivity contribution in [1.29, 1.82) is 0 Å². The zero-order chi connectivity index (χ0) is 13.8. The summed E-state index contributed by atoms with van der Waals surface area (Å²) >= 11 is 0. The molecular weight excluding hydrogens is 242 g/mol. The molecule has 0 bridgehead atoms. The molecule has 19 heavy (non-hydrogen) atoms. The van der Waals surface area contributed by atoms with E-state index < -0.39 is 0 Å². The Labute approximate surface area is 114 Å². The zero-order valence-electron chi connectivity index (χ0n) is 11.7. The second kappa shape index (κ2) is 5.95. The van der Waals surface area contributed by atoms with E-state index in [-0.39, 0.29) is 11.9 Å². The third-order valence-electron chi connectivity index (χ3n) is 3.68. The van der Waals surface area contributed by atoms with Crippen LogP contribution in [0.1, 0.15) is 36.5 Å². The first-order valence-corrected chi connectivity index (χ1v) is 6.67. The molecule has 1 fully saturated rings. The summed E-state index contributed by atoms with van der Waals surface area (Å²) in [6.45, 7) is 2.22. The van der Waals surface area contributed by atoms with Gasteiger partial charge >= 0.3 is 0 Å². The SMILES string of the molecule is COc1ccc(C(=O)NC2CCC(C)C2)c(OC)c1. The summed E-state index contributed by atoms with van der Waals surface area (Å²) in [6.07, 6.45) is 3.31. The van der Waals surface area contributed by atoms with Crippen LogP contribution in [0, 0.1) is 5.92 Å². The summed E-state index contributed by atoms with van der Waals surface area (Å²) in [5.74, 6) is 1.85. The predicted octanol–water partition coefficient (Wildman–Crippen LogP) is 2.62. The second-order valence-electron chi connectivity index (χ2n) is 5.15. The minimum Gasteiger partial charge on any atom is -0.497 e. The average molecular weight is 263 g/mol. The second-order valence-corrected chi connectivity index (χ2v) is 5.15. The zero-order valence-corrected chi connectivity index (χ0v) is 11.7. The lowest BCUT2D eigenvalue weighted by Crippen LogP contribution is -2.33. The smallest absolute Gasteiger partial charge is 0.255 e. The summed E-state index contributed by atoms with van der Waals surface area (Å²) in [5.41, 5.74) is 0.558. The molecule has 0 saturated heterocycles. The van der Waals surface area contributed by atoms with Crippen molar-refractivity contribution in [3.05, 3.63) is 23.8 Å². The van der Waals surface area contributed by atoms with E-state index in [2.05, 4.69) is 12.2 Å². The predicted molar refractivity (Wildman–Crippen MR) is 73.8 cm³/mol. The highest BCUT2D eigenvalue weighted by molar-refractivity contribution is 5.97. The van der Waals surface area contributed by atoms with Crippen LogP contribution in [-0.4, -0.2) is 26.2 Å². The fourth-order valence-electron chi connectivity index (χ4n) is 2.59. The molecule has 4 heteroatoms. The maximum atomic E-state index is 12.3. The largest absolute Gasteiger partial charge is 0.497 e. The molecule has 2 unspecified atom stereocenters. The van der Waals surface area contributed by atoms with Crippen LogP contribution in [0.4, 0.5) is 0 Å². The number of hydrogen-bond donors (Lipinski definition) is 1. The molecular formula is C15H21NO3. The van der Waals surface area contributed by atoms with Crippen molar-refractivity contribution in [3.63, 3.8) is 0 Å². The fourth-order valence-corrected chi connectivity index (χ4v) is 2.59. The van der Waals surface area contributed by atoms with Gasteiger partial charge < -0.3 is 14.8 Å². The van der Waals surface area contributed by atoms with Gasteiger partial charge in [0.15, 0.2) is 0 Å². The number of rotatable bonds is 4. The Bertz CT molecular complexity index is 459. The van der Waals surface area contributed by atoms with E-state index in [0.29, 0.717) is 23.0 Å². The van der Waals surface area contributed by atoms with Crippen LogP contribution < -0.4 is 14.8 Å². The first kappa shape index (κ1) is 13.7. The molecule has 1 aliphatic carbocycles. The van der Waals surface area contributed by atoms with E-state index >= 15 is 0 Å². The maximum Gasteiger partial charge on any atom is 0.255 e. The number of ether oxygens (including phenoxy) is 2. The number of hydrogen-bond acceptors (Lipinski definition) is 3. The molecule has 1 N–H and O–H groups in total. The van der Waals surface area contributed by atoms with Crippen LogP contribution in [0.25, 0.3) is 0 Å². The van der Waals surface area contributed by atoms with Gasteiger partial charge in [0.05, 0.1) is 19.8 Å². The van der Waals surface area contributed by atoms with Gasteiger partial charge in [-0.15, -0.1) is 0 Å². The number of amides is 1. The minimum atomic E-state index is -0.0707. The van der Waals surface area contributed by atoms with Crippen LogP contribution in [0.5, 0.6) is 11.5 Å². The molecule has 1 aromatic carbocycles. The van der Waals surface area contributed by atoms with E-state index in [1.54, 1.807) is 32.4 Å². The lowest BCUT2D eigenvalue weighted by molar-refractivity contribution is 0.0934. The van der Waals surface area contributed by atoms with Crippen LogP contribution in [-0.2, 0) is 0 Å². The van der Waals surface area contributed by atoms with Gasteiger partial charge in [-0.2, -0.15) is 0 Å². The first-order valence-electron chi connectivity index (χ1n) is 6.67. The number of benzene rings is 1. The Balaban J connectivity index is 2.10. The van der Waals surface area contributed by atoms with Crippen LogP contribution in [0.3, 0.4) is 0 Å². The summed E-state index contributed by atoms with van der Waals surface area (Å²) in [5, 5.41) is 3.08. The third-order valence-corrected chi connectivity index (χ3v) is 3.68. The van der Waals surface area contributed by atoms with Crippen molar-refractivity contribution >= 4 is 5.91 Å². The Morgan fingerprint density at radius 2 is 2.05 bits per heavy atom. The third kappa shape index (κ3) is 3.19. The number of methoxy groups -OCH3 is 2. The van der Waals surface area contributed by atoms with Crippen molar-refractivity contribution in [2.24, 2.45) is 5.92 Å². The monoisotopic (exact) mass is 263 g/mol. The molecule has 1 aromatic rings. The summed E-state index contributed by atoms with van der Waals surface area (Å²) < 4.78 is 10.4. The summed E-state index contributed by atoms with van der Waals surface area (Å²) in [4.78, 5) is 12.3. The first-order chi connectivity index (χ1) is 9.13. The van der Waals surface area contributed by atoms with E-state index in [9.17, 15) is 4.79 Å². The molecule has 1 saturated carbocycles. The fraction of sp³-hybridized carbons (Fsp3) is 0.533. The summed E-state index contributed by atoms with van der Waals surface area (Å²) in [6, 6.07) is 5.53. The summed E-state index contributed by atoms with van der Waals surface area (Å²) in [7, 11) is 3.15. The van der Waals surface area contributed by atoms with E-state index in [1.807, 2.05) is 0 Å². The lowest BCUT2D eigenvalue weighted by Gasteiger charge is -2.15. The average Bonchev–Trinajstić information content (AvgIpc) is 2.83. The van der Waals surface area contributed by atoms with Gasteiger partial charge in [0.25, 0.3) is 5.91 Å². The normalized spacial score (nSPS) is 22.1. The van der Waals surface area contributed by atoms with Gasteiger partial charge in [-0.1, -0.05) is 6.92 Å². The molecule has 0 spiro atoms. The van der Waals surface area contributed by atoms with Crippen molar-refractivity contribution in [2.75, 3.05) is 14.2 Å². The molecule has 1 amide bonds. The Hall–Kier alpha value is -1.71. The maximum absolute atomic E-state index is 12.3. The molecule has 104 valence electrons. The van der Waals surface area contributed by atoms with E-state index in [1.165, 1.54) is 6.42 Å². The Morgan fingerprint density at radius 3 is 2.63 bits per heavy atom. The quantitative estimate of drug-likeness (QED) is 0.908. The van der Waals surface area contributed by atoms with E-state index in [4.69, 9.17) is 9.47 Å². The van der Waals surface area contributed by atoms with Crippen LogP contribution >= 0.6 is 0 Å². The molecule has 1 aliphatic rings. The lowest BCUT2D eigenvalue weighted by atomic mass is 10.1. The van der Waals surface area contributed by atoms with Crippen molar-refractivity contribution in [3.8, 4) is 11.5 Å². The van der Waals surface area contributed by atoms with Gasteiger partial charge in [-0.3, -0.25) is 4.79 Å². The molecule has 0 aliphatic heterocycles. The number of nitrogens with one attached hydrogen (secondary N) is 1. The molecule has 0 heterocycles. The van der Waals surface area contributed by atoms with Gasteiger partial charge in [-0.05, 0) is 37.3 Å². The molecule has 4 nitrogen and oxygen atoms in total. The molecule has 0 radical (unpaired) electrons. The number of carbonyl (C=O) groups excluding carboxylic acids is 1. The number of carbonyl (C=O) groups is 1. The molecule has 0 aromatic heterocycles. The van der Waals surface area contributed by atoms with Crippen molar-refractivity contribution in [2.45, 2.75) is 32.2 Å².